The lowest BCUT2D eigenvalue weighted by atomic mass is 10.0. The van der Waals surface area contributed by atoms with Gasteiger partial charge in [-0.05, 0) is 54.8 Å². The number of benzene rings is 1. The van der Waals surface area contributed by atoms with Crippen molar-refractivity contribution in [3.63, 3.8) is 0 Å². The number of fused-ring (bicyclic) bond motifs is 1. The van der Waals surface area contributed by atoms with Crippen LogP contribution < -0.4 is 11.5 Å². The van der Waals surface area contributed by atoms with Crippen LogP contribution in [0.1, 0.15) is 18.1 Å². The second-order valence-electron chi connectivity index (χ2n) is 5.00. The average Bonchev–Trinajstić information content (AvgIpc) is 2.39. The first-order chi connectivity index (χ1) is 9.22. The number of nitrogen functional groups attached to an aromatic ring is 1. The molecule has 0 saturated carbocycles. The Bertz CT molecular complexity index is 756. The van der Waals surface area contributed by atoms with Crippen molar-refractivity contribution in [2.24, 2.45) is 5.73 Å². The first-order valence-electron chi connectivity index (χ1n) is 6.19. The minimum Gasteiger partial charge on any atom is -0.399 e. The van der Waals surface area contributed by atoms with Crippen LogP contribution in [-0.2, 0) is 9.84 Å². The van der Waals surface area contributed by atoms with Crippen molar-refractivity contribution >= 4 is 21.1 Å². The normalized spacial score (nSPS) is 20.8. The number of nitrogens with two attached hydrogens (primary N) is 2. The SMILES string of the molecule is C=C1C=C(C)/C(N)=C\CS(=O)(=O)c2cc(N)c(C)cc21. The Morgan fingerprint density at radius 1 is 1.20 bits per heavy atom. The molecule has 4 nitrogen and oxygen atoms in total. The van der Waals surface area contributed by atoms with Gasteiger partial charge in [0.15, 0.2) is 9.84 Å². The smallest absolute Gasteiger partial charge is 0.182 e. The first kappa shape index (κ1) is 14.4. The molecular formula is C15H18N2O2S. The Balaban J connectivity index is 2.81. The second kappa shape index (κ2) is 4.83. The standard InChI is InChI=1S/C15H18N2O2S/c1-9-6-10(2)13(16)4-5-20(18,19)15-8-14(17)11(3)7-12(9)15/h4,6-8H,1,5,16-17H2,2-3H3/b10-6?,13-4+. The van der Waals surface area contributed by atoms with E-state index in [9.17, 15) is 8.42 Å². The van der Waals surface area contributed by atoms with Gasteiger partial charge in [-0.15, -0.1) is 0 Å². The van der Waals surface area contributed by atoms with Crippen LogP contribution in [-0.4, -0.2) is 14.2 Å². The minimum atomic E-state index is -3.48. The van der Waals surface area contributed by atoms with E-state index >= 15 is 0 Å². The highest BCUT2D eigenvalue weighted by molar-refractivity contribution is 7.91. The maximum atomic E-state index is 12.4. The summed E-state index contributed by atoms with van der Waals surface area (Å²) in [6, 6.07) is 3.26. The summed E-state index contributed by atoms with van der Waals surface area (Å²) >= 11 is 0. The Morgan fingerprint density at radius 3 is 2.50 bits per heavy atom. The lowest BCUT2D eigenvalue weighted by Gasteiger charge is -2.12. The molecule has 1 aromatic carbocycles. The number of allylic oxidation sites excluding steroid dienone is 3. The van der Waals surface area contributed by atoms with E-state index in [2.05, 4.69) is 6.58 Å². The van der Waals surface area contributed by atoms with Crippen LogP contribution in [0.5, 0.6) is 0 Å². The van der Waals surface area contributed by atoms with E-state index in [1.807, 2.05) is 13.8 Å². The van der Waals surface area contributed by atoms with Gasteiger partial charge in [-0.1, -0.05) is 6.58 Å². The van der Waals surface area contributed by atoms with E-state index < -0.39 is 9.84 Å². The molecule has 0 fully saturated rings. The van der Waals surface area contributed by atoms with Crippen molar-refractivity contribution < 1.29 is 8.42 Å². The van der Waals surface area contributed by atoms with Gasteiger partial charge in [-0.2, -0.15) is 0 Å². The summed E-state index contributed by atoms with van der Waals surface area (Å²) in [5.74, 6) is -0.146. The Morgan fingerprint density at radius 2 is 1.85 bits per heavy atom. The predicted octanol–water partition coefficient (Wildman–Crippen LogP) is 2.17. The maximum absolute atomic E-state index is 12.4. The van der Waals surface area contributed by atoms with Gasteiger partial charge in [0.25, 0.3) is 0 Å². The monoisotopic (exact) mass is 290 g/mol. The van der Waals surface area contributed by atoms with Gasteiger partial charge in [0.1, 0.15) is 0 Å². The van der Waals surface area contributed by atoms with Gasteiger partial charge < -0.3 is 11.5 Å². The molecule has 2 rings (SSSR count). The van der Waals surface area contributed by atoms with E-state index in [-0.39, 0.29) is 10.6 Å². The third-order valence-electron chi connectivity index (χ3n) is 3.42. The number of aryl methyl sites for hydroxylation is 1. The van der Waals surface area contributed by atoms with E-state index in [0.717, 1.165) is 11.1 Å². The third-order valence-corrected chi connectivity index (χ3v) is 5.03. The largest absolute Gasteiger partial charge is 0.399 e. The molecule has 0 unspecified atom stereocenters. The molecule has 5 heteroatoms. The van der Waals surface area contributed by atoms with Crippen LogP contribution in [0.3, 0.4) is 0 Å². The summed E-state index contributed by atoms with van der Waals surface area (Å²) in [4.78, 5) is 0.209. The fourth-order valence-corrected chi connectivity index (χ4v) is 3.49. The van der Waals surface area contributed by atoms with Crippen molar-refractivity contribution in [3.8, 4) is 0 Å². The van der Waals surface area contributed by atoms with Gasteiger partial charge >= 0.3 is 0 Å². The van der Waals surface area contributed by atoms with E-state index in [1.54, 1.807) is 12.1 Å². The molecule has 0 spiro atoms. The summed E-state index contributed by atoms with van der Waals surface area (Å²) in [6.45, 7) is 7.63. The molecule has 0 aliphatic carbocycles. The molecule has 106 valence electrons. The summed E-state index contributed by atoms with van der Waals surface area (Å²) in [5.41, 5.74) is 15.4. The van der Waals surface area contributed by atoms with Crippen LogP contribution in [0, 0.1) is 6.92 Å². The Labute approximate surface area is 119 Å². The predicted molar refractivity (Wildman–Crippen MR) is 82.7 cm³/mol. The lowest BCUT2D eigenvalue weighted by Crippen LogP contribution is -2.10. The molecular weight excluding hydrogens is 272 g/mol. The molecule has 1 aliphatic rings. The molecule has 4 N–H and O–H groups in total. The van der Waals surface area contributed by atoms with Gasteiger partial charge in [0.05, 0.1) is 10.6 Å². The molecule has 0 atom stereocenters. The van der Waals surface area contributed by atoms with Crippen molar-refractivity contribution in [1.29, 1.82) is 0 Å². The van der Waals surface area contributed by atoms with Crippen molar-refractivity contribution in [1.82, 2.24) is 0 Å². The highest BCUT2D eigenvalue weighted by Gasteiger charge is 2.21. The number of hydrogen-bond donors (Lipinski definition) is 2. The molecule has 1 aromatic rings. The van der Waals surface area contributed by atoms with Gasteiger partial charge in [-0.3, -0.25) is 0 Å². The van der Waals surface area contributed by atoms with E-state index in [4.69, 9.17) is 11.5 Å². The quantitative estimate of drug-likeness (QED) is 0.717. The first-order valence-corrected chi connectivity index (χ1v) is 7.84. The highest BCUT2D eigenvalue weighted by Crippen LogP contribution is 2.31. The molecule has 0 saturated heterocycles. The lowest BCUT2D eigenvalue weighted by molar-refractivity contribution is 0.598. The number of sulfone groups is 1. The highest BCUT2D eigenvalue weighted by atomic mass is 32.2. The molecule has 1 heterocycles. The van der Waals surface area contributed by atoms with Crippen LogP contribution in [0.2, 0.25) is 0 Å². The zero-order valence-electron chi connectivity index (χ0n) is 11.6. The molecule has 0 radical (unpaired) electrons. The number of hydrogen-bond acceptors (Lipinski definition) is 4. The summed E-state index contributed by atoms with van der Waals surface area (Å²) < 4.78 is 24.9. The van der Waals surface area contributed by atoms with Gasteiger partial charge in [-0.25, -0.2) is 8.42 Å². The molecule has 20 heavy (non-hydrogen) atoms. The number of rotatable bonds is 0. The van der Waals surface area contributed by atoms with E-state index in [1.165, 1.54) is 12.1 Å². The van der Waals surface area contributed by atoms with Crippen LogP contribution >= 0.6 is 0 Å². The van der Waals surface area contributed by atoms with Crippen LogP contribution in [0.4, 0.5) is 5.69 Å². The maximum Gasteiger partial charge on any atom is 0.182 e. The zero-order chi connectivity index (χ0) is 15.1. The Kier molecular flexibility index (Phi) is 3.48. The molecule has 0 bridgehead atoms. The van der Waals surface area contributed by atoms with Gasteiger partial charge in [0, 0.05) is 16.9 Å². The topological polar surface area (TPSA) is 86.2 Å². The Hall–Kier alpha value is -2.01. The molecule has 1 aliphatic heterocycles. The van der Waals surface area contributed by atoms with Crippen molar-refractivity contribution in [2.75, 3.05) is 11.5 Å². The van der Waals surface area contributed by atoms with Gasteiger partial charge in [0.2, 0.25) is 0 Å². The van der Waals surface area contributed by atoms with Crippen molar-refractivity contribution in [2.45, 2.75) is 18.7 Å². The van der Waals surface area contributed by atoms with E-state index in [0.29, 0.717) is 22.5 Å². The minimum absolute atomic E-state index is 0.146. The summed E-state index contributed by atoms with van der Waals surface area (Å²) in [7, 11) is -3.48. The zero-order valence-corrected chi connectivity index (χ0v) is 12.4. The van der Waals surface area contributed by atoms with Crippen LogP contribution in [0.25, 0.3) is 5.57 Å². The van der Waals surface area contributed by atoms with Crippen LogP contribution in [0.15, 0.2) is 47.0 Å². The molecule has 0 aromatic heterocycles. The second-order valence-corrected chi connectivity index (χ2v) is 7.00. The fraction of sp³-hybridized carbons (Fsp3) is 0.200. The van der Waals surface area contributed by atoms with Crippen molar-refractivity contribution in [3.05, 3.63) is 53.3 Å². The third kappa shape index (κ3) is 2.49. The summed E-state index contributed by atoms with van der Waals surface area (Å²) in [5, 5.41) is 0. The average molecular weight is 290 g/mol. The molecule has 0 amide bonds. The fourth-order valence-electron chi connectivity index (χ4n) is 2.08. The summed E-state index contributed by atoms with van der Waals surface area (Å²) in [6.07, 6.45) is 3.31. The number of anilines is 1.